The molecule has 2 aliphatic rings. The summed E-state index contributed by atoms with van der Waals surface area (Å²) in [6.07, 6.45) is 5.12. The Balaban J connectivity index is 1.44. The molecule has 0 bridgehead atoms. The predicted octanol–water partition coefficient (Wildman–Crippen LogP) is 3.72. The fourth-order valence-electron chi connectivity index (χ4n) is 4.21. The van der Waals surface area contributed by atoms with Gasteiger partial charge in [0.15, 0.2) is 5.17 Å². The fourth-order valence-corrected chi connectivity index (χ4v) is 5.16. The molecule has 2 amide bonds. The maximum atomic E-state index is 12.8. The molecule has 1 fully saturated rings. The summed E-state index contributed by atoms with van der Waals surface area (Å²) in [4.78, 5) is 31.1. The maximum absolute atomic E-state index is 12.8. The number of methoxy groups -OCH3 is 1. The molecule has 1 aromatic heterocycles. The second-order valence-corrected chi connectivity index (χ2v) is 9.42. The Morgan fingerprint density at radius 3 is 2.49 bits per heavy atom. The molecular weight excluding hydrogens is 462 g/mol. The Hall–Kier alpha value is -3.85. The number of piperidine rings is 1. The van der Waals surface area contributed by atoms with Crippen LogP contribution in [0.1, 0.15) is 18.4 Å². The third kappa shape index (κ3) is 4.85. The van der Waals surface area contributed by atoms with Gasteiger partial charge in [0.25, 0.3) is 5.91 Å². The van der Waals surface area contributed by atoms with Gasteiger partial charge in [-0.2, -0.15) is 10.1 Å². The van der Waals surface area contributed by atoms with E-state index in [4.69, 9.17) is 15.6 Å². The van der Waals surface area contributed by atoms with Crippen molar-refractivity contribution in [1.82, 2.24) is 14.7 Å². The summed E-state index contributed by atoms with van der Waals surface area (Å²) in [6.45, 7) is 1.31. The third-order valence-electron chi connectivity index (χ3n) is 6.19. The van der Waals surface area contributed by atoms with Gasteiger partial charge in [-0.25, -0.2) is 4.68 Å². The molecule has 9 heteroatoms. The summed E-state index contributed by atoms with van der Waals surface area (Å²) < 4.78 is 7.10. The Kier molecular flexibility index (Phi) is 6.41. The molecule has 178 valence electrons. The van der Waals surface area contributed by atoms with E-state index in [1.165, 1.54) is 11.8 Å². The van der Waals surface area contributed by atoms with E-state index >= 15 is 0 Å². The highest BCUT2D eigenvalue weighted by Gasteiger charge is 2.31. The molecule has 0 spiro atoms. The van der Waals surface area contributed by atoms with Gasteiger partial charge >= 0.3 is 0 Å². The third-order valence-corrected chi connectivity index (χ3v) is 7.23. The van der Waals surface area contributed by atoms with Gasteiger partial charge in [-0.15, -0.1) is 0 Å². The zero-order chi connectivity index (χ0) is 24.4. The van der Waals surface area contributed by atoms with E-state index in [-0.39, 0.29) is 17.7 Å². The van der Waals surface area contributed by atoms with E-state index in [1.807, 2.05) is 71.6 Å². The number of nitrogens with two attached hydrogens (primary N) is 1. The van der Waals surface area contributed by atoms with E-state index in [1.54, 1.807) is 7.11 Å². The van der Waals surface area contributed by atoms with Crippen molar-refractivity contribution in [2.24, 2.45) is 16.6 Å². The quantitative estimate of drug-likeness (QED) is 0.551. The molecule has 3 heterocycles. The normalized spacial score (nSPS) is 17.6. The first-order chi connectivity index (χ1) is 17.0. The summed E-state index contributed by atoms with van der Waals surface area (Å²) in [5, 5.41) is 5.50. The molecule has 8 nitrogen and oxygen atoms in total. The maximum Gasteiger partial charge on any atom is 0.286 e. The van der Waals surface area contributed by atoms with E-state index in [0.29, 0.717) is 36.0 Å². The summed E-state index contributed by atoms with van der Waals surface area (Å²) >= 11 is 1.36. The van der Waals surface area contributed by atoms with Gasteiger partial charge in [-0.1, -0.05) is 18.2 Å². The number of nitrogens with zero attached hydrogens (tertiary/aromatic N) is 4. The number of thioether (sulfide) groups is 1. The molecule has 2 N–H and O–H groups in total. The number of para-hydroxylation sites is 1. The van der Waals surface area contributed by atoms with Crippen LogP contribution >= 0.6 is 11.8 Å². The number of hydrogen-bond acceptors (Lipinski definition) is 6. The summed E-state index contributed by atoms with van der Waals surface area (Å²) in [5.41, 5.74) is 8.86. The second-order valence-electron chi connectivity index (χ2n) is 8.42. The number of amides is 2. The number of amidine groups is 1. The van der Waals surface area contributed by atoms with Crippen LogP contribution in [0.4, 0.5) is 0 Å². The predicted molar refractivity (Wildman–Crippen MR) is 137 cm³/mol. The molecule has 0 saturated carbocycles. The minimum absolute atomic E-state index is 0.111. The van der Waals surface area contributed by atoms with Gasteiger partial charge in [-0.3, -0.25) is 9.59 Å². The number of primary amides is 1. The first kappa shape index (κ1) is 22.9. The highest BCUT2D eigenvalue weighted by Crippen LogP contribution is 2.34. The zero-order valence-electron chi connectivity index (χ0n) is 19.3. The Labute approximate surface area is 207 Å². The van der Waals surface area contributed by atoms with Gasteiger partial charge in [-0.05, 0) is 67.1 Å². The minimum Gasteiger partial charge on any atom is -0.497 e. The lowest BCUT2D eigenvalue weighted by Crippen LogP contribution is -2.40. The van der Waals surface area contributed by atoms with Gasteiger partial charge in [0.05, 0.1) is 23.4 Å². The molecular formula is C26H25N5O3S. The molecule has 0 radical (unpaired) electrons. The Bertz CT molecular complexity index is 1310. The lowest BCUT2D eigenvalue weighted by molar-refractivity contribution is -0.123. The van der Waals surface area contributed by atoms with Crippen LogP contribution in [0.15, 0.2) is 70.7 Å². The largest absolute Gasteiger partial charge is 0.497 e. The van der Waals surface area contributed by atoms with Crippen LogP contribution in [0.25, 0.3) is 23.0 Å². The van der Waals surface area contributed by atoms with E-state index in [2.05, 4.69) is 9.89 Å². The SMILES string of the molecule is COc1ccc(-c2nn(-c3ccccc3)cc2/C=C2\SC(N3CCC(C(N)=O)CC3)=NC2=O)cc1. The second kappa shape index (κ2) is 9.79. The molecule has 5 rings (SSSR count). The summed E-state index contributed by atoms with van der Waals surface area (Å²) in [6, 6.07) is 17.5. The molecule has 35 heavy (non-hydrogen) atoms. The lowest BCUT2D eigenvalue weighted by Gasteiger charge is -2.31. The lowest BCUT2D eigenvalue weighted by atomic mass is 9.97. The fraction of sp³-hybridized carbons (Fsp3) is 0.231. The van der Waals surface area contributed by atoms with Crippen molar-refractivity contribution in [1.29, 1.82) is 0 Å². The Morgan fingerprint density at radius 1 is 1.11 bits per heavy atom. The highest BCUT2D eigenvalue weighted by molar-refractivity contribution is 8.18. The number of ether oxygens (including phenoxy) is 1. The van der Waals surface area contributed by atoms with Crippen molar-refractivity contribution in [3.63, 3.8) is 0 Å². The van der Waals surface area contributed by atoms with Crippen molar-refractivity contribution in [3.8, 4) is 22.7 Å². The molecule has 0 atom stereocenters. The Morgan fingerprint density at radius 2 is 1.83 bits per heavy atom. The summed E-state index contributed by atoms with van der Waals surface area (Å²) in [5.74, 6) is 0.120. The van der Waals surface area contributed by atoms with Crippen LogP contribution in [0.3, 0.4) is 0 Å². The number of aromatic nitrogens is 2. The molecule has 0 aliphatic carbocycles. The van der Waals surface area contributed by atoms with Gasteiger partial charge in [0.1, 0.15) is 5.75 Å². The molecule has 2 aromatic carbocycles. The highest BCUT2D eigenvalue weighted by atomic mass is 32.2. The number of likely N-dealkylation sites (tertiary alicyclic amines) is 1. The minimum atomic E-state index is -0.268. The van der Waals surface area contributed by atoms with E-state index in [0.717, 1.165) is 28.3 Å². The van der Waals surface area contributed by atoms with Crippen LogP contribution in [0.5, 0.6) is 5.75 Å². The first-order valence-electron chi connectivity index (χ1n) is 11.4. The molecule has 2 aliphatic heterocycles. The van der Waals surface area contributed by atoms with Crippen molar-refractivity contribution >= 4 is 34.8 Å². The van der Waals surface area contributed by atoms with Crippen molar-refractivity contribution in [2.75, 3.05) is 20.2 Å². The topological polar surface area (TPSA) is 103 Å². The number of aliphatic imine (C=N–C) groups is 1. The van der Waals surface area contributed by atoms with Gasteiger partial charge in [0, 0.05) is 36.3 Å². The van der Waals surface area contributed by atoms with Crippen molar-refractivity contribution in [2.45, 2.75) is 12.8 Å². The molecule has 3 aromatic rings. The zero-order valence-corrected chi connectivity index (χ0v) is 20.1. The molecule has 0 unspecified atom stereocenters. The number of benzene rings is 2. The van der Waals surface area contributed by atoms with Gasteiger partial charge < -0.3 is 15.4 Å². The van der Waals surface area contributed by atoms with Crippen LogP contribution in [-0.4, -0.2) is 51.9 Å². The van der Waals surface area contributed by atoms with Crippen LogP contribution in [0, 0.1) is 5.92 Å². The van der Waals surface area contributed by atoms with E-state index < -0.39 is 0 Å². The number of rotatable bonds is 5. The van der Waals surface area contributed by atoms with Gasteiger partial charge in [0.2, 0.25) is 5.91 Å². The number of hydrogen-bond donors (Lipinski definition) is 1. The standard InChI is InChI=1S/C26H25N5O3S/c1-34-21-9-7-17(8-10-21)23-19(16-31(29-23)20-5-3-2-4-6-20)15-22-25(33)28-26(35-22)30-13-11-18(12-14-30)24(27)32/h2-10,15-16,18H,11-14H2,1H3,(H2,27,32)/b22-15-. The van der Waals surface area contributed by atoms with Crippen molar-refractivity contribution < 1.29 is 14.3 Å². The van der Waals surface area contributed by atoms with E-state index in [9.17, 15) is 9.59 Å². The average Bonchev–Trinajstić information content (AvgIpc) is 3.48. The summed E-state index contributed by atoms with van der Waals surface area (Å²) in [7, 11) is 1.63. The number of carbonyl (C=O) groups is 2. The average molecular weight is 488 g/mol. The first-order valence-corrected chi connectivity index (χ1v) is 12.2. The van der Waals surface area contributed by atoms with Crippen LogP contribution in [-0.2, 0) is 9.59 Å². The number of carbonyl (C=O) groups excluding carboxylic acids is 2. The smallest absolute Gasteiger partial charge is 0.286 e. The van der Waals surface area contributed by atoms with Crippen LogP contribution < -0.4 is 10.5 Å². The molecule has 1 saturated heterocycles. The van der Waals surface area contributed by atoms with Crippen molar-refractivity contribution in [3.05, 3.63) is 71.3 Å². The van der Waals surface area contributed by atoms with Crippen LogP contribution in [0.2, 0.25) is 0 Å². The monoisotopic (exact) mass is 487 g/mol.